The molecule has 0 bridgehead atoms. The fourth-order valence-electron chi connectivity index (χ4n) is 3.39. The van der Waals surface area contributed by atoms with E-state index >= 15 is 0 Å². The minimum absolute atomic E-state index is 0.0261. The van der Waals surface area contributed by atoms with Crippen LogP contribution in [0, 0.1) is 10.8 Å². The highest BCUT2D eigenvalue weighted by Crippen LogP contribution is 2.26. The van der Waals surface area contributed by atoms with Crippen LogP contribution in [0.15, 0.2) is 24.3 Å². The van der Waals surface area contributed by atoms with Crippen molar-refractivity contribution in [3.05, 3.63) is 35.4 Å². The summed E-state index contributed by atoms with van der Waals surface area (Å²) in [6, 6.07) is 5.38. The summed E-state index contributed by atoms with van der Waals surface area (Å²) >= 11 is 0. The van der Waals surface area contributed by atoms with Gasteiger partial charge in [0.1, 0.15) is 17.9 Å². The third-order valence-corrected chi connectivity index (χ3v) is 5.68. The van der Waals surface area contributed by atoms with Gasteiger partial charge in [-0.05, 0) is 23.8 Å². The first-order valence-electron chi connectivity index (χ1n) is 9.78. The van der Waals surface area contributed by atoms with Crippen molar-refractivity contribution in [1.82, 2.24) is 14.9 Å². The lowest BCUT2D eigenvalue weighted by molar-refractivity contribution is -0.141. The summed E-state index contributed by atoms with van der Waals surface area (Å²) in [5.41, 5.74) is 6.23. The topological polar surface area (TPSA) is 145 Å². The van der Waals surface area contributed by atoms with Crippen LogP contribution >= 0.6 is 0 Å². The van der Waals surface area contributed by atoms with E-state index in [1.165, 1.54) is 4.90 Å². The molecule has 0 saturated carbocycles. The van der Waals surface area contributed by atoms with E-state index in [-0.39, 0.29) is 18.3 Å². The van der Waals surface area contributed by atoms with E-state index in [1.54, 1.807) is 45.0 Å². The van der Waals surface area contributed by atoms with Crippen molar-refractivity contribution in [3.8, 4) is 0 Å². The predicted octanol–water partition coefficient (Wildman–Crippen LogP) is 0.542. The van der Waals surface area contributed by atoms with E-state index in [0.717, 1.165) is 11.8 Å². The SMILES string of the molecule is CC(C)(C)[C@@H](NS(C)(=O)=O)C(=O)N1CCC[C@H]1C(=O)NCc1ccc(C(=N)N)cc1. The Morgan fingerprint density at radius 1 is 1.27 bits per heavy atom. The Morgan fingerprint density at radius 2 is 1.87 bits per heavy atom. The Bertz CT molecular complexity index is 906. The second kappa shape index (κ2) is 9.13. The average molecular weight is 438 g/mol. The summed E-state index contributed by atoms with van der Waals surface area (Å²) in [7, 11) is -3.60. The van der Waals surface area contributed by atoms with Crippen molar-refractivity contribution >= 4 is 27.7 Å². The normalized spacial score (nSPS) is 18.1. The van der Waals surface area contributed by atoms with Crippen molar-refractivity contribution in [2.75, 3.05) is 12.8 Å². The molecule has 30 heavy (non-hydrogen) atoms. The van der Waals surface area contributed by atoms with Gasteiger partial charge in [0.2, 0.25) is 21.8 Å². The summed E-state index contributed by atoms with van der Waals surface area (Å²) in [4.78, 5) is 27.4. The molecule has 1 heterocycles. The lowest BCUT2D eigenvalue weighted by atomic mass is 9.86. The van der Waals surface area contributed by atoms with Crippen LogP contribution in [0.2, 0.25) is 0 Å². The van der Waals surface area contributed by atoms with Gasteiger partial charge in [-0.25, -0.2) is 13.1 Å². The molecule has 2 amide bonds. The Morgan fingerprint density at radius 3 is 2.37 bits per heavy atom. The Kier molecular flexibility index (Phi) is 7.25. The molecule has 1 aromatic carbocycles. The molecule has 2 rings (SSSR count). The fraction of sp³-hybridized carbons (Fsp3) is 0.550. The van der Waals surface area contributed by atoms with Crippen molar-refractivity contribution in [3.63, 3.8) is 0 Å². The van der Waals surface area contributed by atoms with Crippen LogP contribution in [0.1, 0.15) is 44.7 Å². The van der Waals surface area contributed by atoms with E-state index in [1.807, 2.05) is 0 Å². The summed E-state index contributed by atoms with van der Waals surface area (Å²) < 4.78 is 26.0. The van der Waals surface area contributed by atoms with Crippen LogP contribution in [-0.4, -0.2) is 55.9 Å². The highest BCUT2D eigenvalue weighted by Gasteiger charge is 2.42. The standard InChI is InChI=1S/C20H31N5O4S/c1-20(2,3)16(24-30(4,28)29)19(27)25-11-5-6-15(25)18(26)23-12-13-7-9-14(10-8-13)17(21)22/h7-10,15-16,24H,5-6,11-12H2,1-4H3,(H3,21,22)(H,23,26)/t15-,16-/m0/s1. The Hall–Kier alpha value is -2.46. The molecular formula is C20H31N5O4S. The first-order chi connectivity index (χ1) is 13.8. The van der Waals surface area contributed by atoms with Crippen molar-refractivity contribution < 1.29 is 18.0 Å². The summed E-state index contributed by atoms with van der Waals surface area (Å²) in [5.74, 6) is -0.693. The molecular weight excluding hydrogens is 406 g/mol. The Balaban J connectivity index is 2.08. The van der Waals surface area contributed by atoms with E-state index in [9.17, 15) is 18.0 Å². The van der Waals surface area contributed by atoms with E-state index < -0.39 is 33.4 Å². The zero-order valence-corrected chi connectivity index (χ0v) is 18.7. The van der Waals surface area contributed by atoms with Gasteiger partial charge in [0.05, 0.1) is 6.26 Å². The number of carbonyl (C=O) groups excluding carboxylic acids is 2. The third kappa shape index (κ3) is 6.27. The lowest BCUT2D eigenvalue weighted by Crippen LogP contribution is -2.57. The zero-order valence-electron chi connectivity index (χ0n) is 17.9. The largest absolute Gasteiger partial charge is 0.384 e. The van der Waals surface area contributed by atoms with Crippen LogP contribution in [0.5, 0.6) is 0 Å². The van der Waals surface area contributed by atoms with Crippen LogP contribution in [0.4, 0.5) is 0 Å². The molecule has 5 N–H and O–H groups in total. The van der Waals surface area contributed by atoms with Crippen LogP contribution < -0.4 is 15.8 Å². The molecule has 0 radical (unpaired) electrons. The monoisotopic (exact) mass is 437 g/mol. The number of carbonyl (C=O) groups is 2. The highest BCUT2D eigenvalue weighted by molar-refractivity contribution is 7.88. The van der Waals surface area contributed by atoms with E-state index in [0.29, 0.717) is 24.9 Å². The first-order valence-corrected chi connectivity index (χ1v) is 11.7. The number of sulfonamides is 1. The molecule has 0 aromatic heterocycles. The second-order valence-corrected chi connectivity index (χ2v) is 10.5. The van der Waals surface area contributed by atoms with Gasteiger partial charge in [-0.1, -0.05) is 45.0 Å². The van der Waals surface area contributed by atoms with Gasteiger partial charge in [0, 0.05) is 18.7 Å². The molecule has 0 spiro atoms. The van der Waals surface area contributed by atoms with Gasteiger partial charge in [-0.15, -0.1) is 0 Å². The number of hydrogen-bond donors (Lipinski definition) is 4. The van der Waals surface area contributed by atoms with Crippen LogP contribution in [0.25, 0.3) is 0 Å². The smallest absolute Gasteiger partial charge is 0.243 e. The molecule has 1 aromatic rings. The Labute approximate surface area is 178 Å². The number of amides is 2. The number of rotatable bonds is 7. The van der Waals surface area contributed by atoms with Gasteiger partial charge in [0.25, 0.3) is 0 Å². The summed E-state index contributed by atoms with van der Waals surface area (Å²) in [6.45, 7) is 6.03. The maximum absolute atomic E-state index is 13.1. The van der Waals surface area contributed by atoms with Crippen molar-refractivity contribution in [2.24, 2.45) is 11.1 Å². The highest BCUT2D eigenvalue weighted by atomic mass is 32.2. The van der Waals surface area contributed by atoms with Crippen LogP contribution in [-0.2, 0) is 26.2 Å². The summed E-state index contributed by atoms with van der Waals surface area (Å²) in [5, 5.41) is 10.3. The number of nitrogen functional groups attached to an aromatic ring is 1. The minimum Gasteiger partial charge on any atom is -0.384 e. The minimum atomic E-state index is -3.60. The van der Waals surface area contributed by atoms with Gasteiger partial charge in [-0.3, -0.25) is 15.0 Å². The molecule has 166 valence electrons. The number of nitrogens with two attached hydrogens (primary N) is 1. The molecule has 10 heteroatoms. The molecule has 1 fully saturated rings. The van der Waals surface area contributed by atoms with Gasteiger partial charge < -0.3 is 16.0 Å². The van der Waals surface area contributed by atoms with E-state index in [2.05, 4.69) is 10.0 Å². The number of benzene rings is 1. The van der Waals surface area contributed by atoms with Crippen LogP contribution in [0.3, 0.4) is 0 Å². The van der Waals surface area contributed by atoms with Gasteiger partial charge in [-0.2, -0.15) is 0 Å². The molecule has 2 atom stereocenters. The number of amidine groups is 1. The zero-order chi connectivity index (χ0) is 22.7. The molecule has 0 unspecified atom stereocenters. The molecule has 9 nitrogen and oxygen atoms in total. The second-order valence-electron chi connectivity index (χ2n) is 8.71. The quantitative estimate of drug-likeness (QED) is 0.363. The molecule has 1 aliphatic heterocycles. The number of nitrogens with one attached hydrogen (secondary N) is 3. The van der Waals surface area contributed by atoms with E-state index in [4.69, 9.17) is 11.1 Å². The van der Waals surface area contributed by atoms with Gasteiger partial charge >= 0.3 is 0 Å². The van der Waals surface area contributed by atoms with Crippen molar-refractivity contribution in [1.29, 1.82) is 5.41 Å². The molecule has 1 saturated heterocycles. The fourth-order valence-corrected chi connectivity index (χ4v) is 4.27. The molecule has 0 aliphatic carbocycles. The van der Waals surface area contributed by atoms with Gasteiger partial charge in [0.15, 0.2) is 0 Å². The number of nitrogens with zero attached hydrogens (tertiary/aromatic N) is 1. The third-order valence-electron chi connectivity index (χ3n) is 5.02. The number of likely N-dealkylation sites (tertiary alicyclic amines) is 1. The molecule has 1 aliphatic rings. The predicted molar refractivity (Wildman–Crippen MR) is 115 cm³/mol. The number of hydrogen-bond acceptors (Lipinski definition) is 5. The summed E-state index contributed by atoms with van der Waals surface area (Å²) in [6.07, 6.45) is 2.22. The first kappa shape index (κ1) is 23.8. The maximum atomic E-state index is 13.1. The van der Waals surface area contributed by atoms with Crippen molar-refractivity contribution in [2.45, 2.75) is 52.2 Å². The lowest BCUT2D eigenvalue weighted by Gasteiger charge is -2.34. The average Bonchev–Trinajstić information content (AvgIpc) is 3.12. The maximum Gasteiger partial charge on any atom is 0.243 e.